The van der Waals surface area contributed by atoms with Gasteiger partial charge in [-0.1, -0.05) is 6.92 Å². The summed E-state index contributed by atoms with van der Waals surface area (Å²) in [7, 11) is 1.55. The van der Waals surface area contributed by atoms with Gasteiger partial charge in [-0.15, -0.1) is 0 Å². The molecule has 4 heteroatoms. The third-order valence-electron chi connectivity index (χ3n) is 1.93. The molecular formula is C11H13NO3. The Morgan fingerprint density at radius 1 is 1.27 bits per heavy atom. The van der Waals surface area contributed by atoms with E-state index in [0.717, 1.165) is 0 Å². The summed E-state index contributed by atoms with van der Waals surface area (Å²) >= 11 is 0. The van der Waals surface area contributed by atoms with Crippen LogP contribution in [0.1, 0.15) is 23.7 Å². The normalized spacial score (nSPS) is 9.47. The highest BCUT2D eigenvalue weighted by molar-refractivity contribution is 6.04. The van der Waals surface area contributed by atoms with Gasteiger partial charge in [0.15, 0.2) is 0 Å². The number of amides is 2. The van der Waals surface area contributed by atoms with E-state index in [1.54, 1.807) is 38.3 Å². The van der Waals surface area contributed by atoms with Crippen LogP contribution in [-0.2, 0) is 4.79 Å². The van der Waals surface area contributed by atoms with Gasteiger partial charge in [0.1, 0.15) is 5.75 Å². The maximum atomic E-state index is 11.4. The van der Waals surface area contributed by atoms with Gasteiger partial charge in [0.25, 0.3) is 5.91 Å². The van der Waals surface area contributed by atoms with Crippen LogP contribution in [0.15, 0.2) is 24.3 Å². The summed E-state index contributed by atoms with van der Waals surface area (Å²) in [6.07, 6.45) is 0.294. The maximum Gasteiger partial charge on any atom is 0.257 e. The maximum absolute atomic E-state index is 11.4. The van der Waals surface area contributed by atoms with Crippen LogP contribution < -0.4 is 10.1 Å². The number of methoxy groups -OCH3 is 1. The predicted molar refractivity (Wildman–Crippen MR) is 55.8 cm³/mol. The molecule has 0 spiro atoms. The molecule has 2 amide bonds. The lowest BCUT2D eigenvalue weighted by atomic mass is 10.2. The molecule has 0 atom stereocenters. The molecule has 0 aromatic heterocycles. The van der Waals surface area contributed by atoms with Crippen LogP contribution in [0.5, 0.6) is 5.75 Å². The zero-order valence-electron chi connectivity index (χ0n) is 8.74. The van der Waals surface area contributed by atoms with Crippen LogP contribution in [0, 0.1) is 0 Å². The van der Waals surface area contributed by atoms with Gasteiger partial charge >= 0.3 is 0 Å². The van der Waals surface area contributed by atoms with Gasteiger partial charge in [-0.05, 0) is 24.3 Å². The molecule has 0 heterocycles. The topological polar surface area (TPSA) is 55.4 Å². The molecule has 80 valence electrons. The predicted octanol–water partition coefficient (Wildman–Crippen LogP) is 1.36. The van der Waals surface area contributed by atoms with E-state index >= 15 is 0 Å². The van der Waals surface area contributed by atoms with Crippen molar-refractivity contribution in [1.82, 2.24) is 5.32 Å². The van der Waals surface area contributed by atoms with Gasteiger partial charge in [-0.25, -0.2) is 0 Å². The summed E-state index contributed by atoms with van der Waals surface area (Å²) < 4.78 is 4.95. The first-order valence-electron chi connectivity index (χ1n) is 4.65. The molecule has 0 saturated heterocycles. The van der Waals surface area contributed by atoms with Crippen LogP contribution in [0.4, 0.5) is 0 Å². The highest BCUT2D eigenvalue weighted by atomic mass is 16.5. The Bertz CT molecular complexity index is 357. The van der Waals surface area contributed by atoms with Gasteiger partial charge in [0.2, 0.25) is 5.91 Å². The molecule has 0 aliphatic rings. The first kappa shape index (κ1) is 11.2. The highest BCUT2D eigenvalue weighted by Crippen LogP contribution is 2.10. The van der Waals surface area contributed by atoms with Crippen molar-refractivity contribution in [3.05, 3.63) is 29.8 Å². The third kappa shape index (κ3) is 3.09. The van der Waals surface area contributed by atoms with E-state index in [1.165, 1.54) is 0 Å². The third-order valence-corrected chi connectivity index (χ3v) is 1.93. The van der Waals surface area contributed by atoms with Crippen molar-refractivity contribution in [2.24, 2.45) is 0 Å². The van der Waals surface area contributed by atoms with Gasteiger partial charge in [0.05, 0.1) is 7.11 Å². The van der Waals surface area contributed by atoms with Crippen molar-refractivity contribution in [2.45, 2.75) is 13.3 Å². The van der Waals surface area contributed by atoms with Crippen molar-refractivity contribution >= 4 is 11.8 Å². The fraction of sp³-hybridized carbons (Fsp3) is 0.273. The molecule has 1 N–H and O–H groups in total. The summed E-state index contributed by atoms with van der Waals surface area (Å²) in [5.41, 5.74) is 0.442. The first-order valence-corrected chi connectivity index (χ1v) is 4.65. The Morgan fingerprint density at radius 3 is 2.33 bits per heavy atom. The van der Waals surface area contributed by atoms with Crippen LogP contribution in [0.2, 0.25) is 0 Å². The van der Waals surface area contributed by atoms with Crippen LogP contribution in [-0.4, -0.2) is 18.9 Å². The first-order chi connectivity index (χ1) is 7.17. The molecule has 0 aliphatic carbocycles. The summed E-state index contributed by atoms with van der Waals surface area (Å²) in [6.45, 7) is 1.69. The average molecular weight is 207 g/mol. The monoisotopic (exact) mass is 207 g/mol. The number of carbonyl (C=O) groups excluding carboxylic acids is 2. The van der Waals surface area contributed by atoms with Gasteiger partial charge in [0, 0.05) is 12.0 Å². The second-order valence-corrected chi connectivity index (χ2v) is 2.96. The number of benzene rings is 1. The summed E-state index contributed by atoms with van der Waals surface area (Å²) in [6, 6.07) is 6.56. The van der Waals surface area contributed by atoms with Gasteiger partial charge in [-0.2, -0.15) is 0 Å². The second-order valence-electron chi connectivity index (χ2n) is 2.96. The van der Waals surface area contributed by atoms with Crippen LogP contribution in [0.25, 0.3) is 0 Å². The zero-order valence-corrected chi connectivity index (χ0v) is 8.74. The van der Waals surface area contributed by atoms with E-state index in [1.807, 2.05) is 0 Å². The highest BCUT2D eigenvalue weighted by Gasteiger charge is 2.08. The molecule has 0 bridgehead atoms. The fourth-order valence-corrected chi connectivity index (χ4v) is 1.03. The summed E-state index contributed by atoms with van der Waals surface area (Å²) in [5, 5.41) is 2.26. The molecule has 1 rings (SSSR count). The molecule has 0 fully saturated rings. The number of nitrogens with one attached hydrogen (secondary N) is 1. The smallest absolute Gasteiger partial charge is 0.257 e. The quantitative estimate of drug-likeness (QED) is 0.814. The standard InChI is InChI=1S/C11H13NO3/c1-3-10(13)12-11(14)8-4-6-9(15-2)7-5-8/h4-7H,3H2,1-2H3,(H,12,13,14). The van der Waals surface area contributed by atoms with E-state index in [2.05, 4.69) is 5.32 Å². The minimum absolute atomic E-state index is 0.282. The lowest BCUT2D eigenvalue weighted by Crippen LogP contribution is -2.29. The molecule has 0 aliphatic heterocycles. The van der Waals surface area contributed by atoms with Gasteiger partial charge < -0.3 is 4.74 Å². The largest absolute Gasteiger partial charge is 0.497 e. The lowest BCUT2D eigenvalue weighted by molar-refractivity contribution is -0.119. The molecule has 1 aromatic carbocycles. The molecule has 0 saturated carbocycles. The zero-order chi connectivity index (χ0) is 11.3. The van der Waals surface area contributed by atoms with Crippen molar-refractivity contribution in [3.63, 3.8) is 0 Å². The van der Waals surface area contributed by atoms with E-state index in [9.17, 15) is 9.59 Å². The number of hydrogen-bond donors (Lipinski definition) is 1. The Balaban J connectivity index is 2.70. The minimum Gasteiger partial charge on any atom is -0.497 e. The number of rotatable bonds is 3. The number of hydrogen-bond acceptors (Lipinski definition) is 3. The van der Waals surface area contributed by atoms with Crippen molar-refractivity contribution in [2.75, 3.05) is 7.11 Å². The van der Waals surface area contributed by atoms with E-state index < -0.39 is 0 Å². The average Bonchev–Trinajstić information content (AvgIpc) is 2.29. The van der Waals surface area contributed by atoms with Crippen molar-refractivity contribution in [3.8, 4) is 5.75 Å². The van der Waals surface area contributed by atoms with E-state index in [0.29, 0.717) is 17.7 Å². The van der Waals surface area contributed by atoms with Crippen LogP contribution >= 0.6 is 0 Å². The molecule has 1 aromatic rings. The number of ether oxygens (including phenoxy) is 1. The Hall–Kier alpha value is -1.84. The van der Waals surface area contributed by atoms with E-state index in [-0.39, 0.29) is 11.8 Å². The van der Waals surface area contributed by atoms with Gasteiger partial charge in [-0.3, -0.25) is 14.9 Å². The Kier molecular flexibility index (Phi) is 3.85. The molecule has 0 radical (unpaired) electrons. The molecule has 4 nitrogen and oxygen atoms in total. The van der Waals surface area contributed by atoms with Crippen molar-refractivity contribution in [1.29, 1.82) is 0 Å². The number of carbonyl (C=O) groups is 2. The minimum atomic E-state index is -0.385. The molecule has 15 heavy (non-hydrogen) atoms. The SMILES string of the molecule is CCC(=O)NC(=O)c1ccc(OC)cc1. The Morgan fingerprint density at radius 2 is 1.87 bits per heavy atom. The second kappa shape index (κ2) is 5.14. The fourth-order valence-electron chi connectivity index (χ4n) is 1.03. The molecule has 0 unspecified atom stereocenters. The molecular weight excluding hydrogens is 194 g/mol. The summed E-state index contributed by atoms with van der Waals surface area (Å²) in [4.78, 5) is 22.4. The summed E-state index contributed by atoms with van der Waals surface area (Å²) in [5.74, 6) is 0.00805. The van der Waals surface area contributed by atoms with Crippen LogP contribution in [0.3, 0.4) is 0 Å². The van der Waals surface area contributed by atoms with Crippen molar-refractivity contribution < 1.29 is 14.3 Å². The lowest BCUT2D eigenvalue weighted by Gasteiger charge is -2.03. The van der Waals surface area contributed by atoms with E-state index in [4.69, 9.17) is 4.74 Å². The number of imide groups is 1. The Labute approximate surface area is 88.2 Å².